The molecule has 2 atom stereocenters. The highest BCUT2D eigenvalue weighted by atomic mass is 16.5. The molecule has 2 aromatic carbocycles. The molecule has 100 valence electrons. The molecule has 0 bridgehead atoms. The molecule has 0 saturated heterocycles. The van der Waals surface area contributed by atoms with E-state index in [1.54, 1.807) is 0 Å². The maximum atomic E-state index is 6.10. The maximum Gasteiger partial charge on any atom is 0.143 e. The van der Waals surface area contributed by atoms with Gasteiger partial charge in [-0.1, -0.05) is 36.4 Å². The molecular formula is C18H16O2. The Morgan fingerprint density at radius 2 is 1.55 bits per heavy atom. The van der Waals surface area contributed by atoms with Crippen molar-refractivity contribution in [3.8, 4) is 11.5 Å². The normalized spacial score (nSPS) is 24.0. The number of fused-ring (bicyclic) bond motifs is 2. The first-order chi connectivity index (χ1) is 9.90. The Kier molecular flexibility index (Phi) is 2.87. The van der Waals surface area contributed by atoms with Gasteiger partial charge in [-0.2, -0.15) is 0 Å². The Morgan fingerprint density at radius 3 is 2.40 bits per heavy atom. The van der Waals surface area contributed by atoms with Gasteiger partial charge in [-0.15, -0.1) is 0 Å². The molecule has 0 spiro atoms. The number of benzene rings is 2. The van der Waals surface area contributed by atoms with Crippen LogP contribution in [-0.2, 0) is 12.8 Å². The number of ether oxygens (including phenoxy) is 2. The summed E-state index contributed by atoms with van der Waals surface area (Å²) in [6.45, 7) is 0. The highest BCUT2D eigenvalue weighted by Crippen LogP contribution is 2.33. The number of para-hydroxylation sites is 2. The summed E-state index contributed by atoms with van der Waals surface area (Å²) in [7, 11) is 0. The van der Waals surface area contributed by atoms with E-state index in [1.165, 1.54) is 11.1 Å². The van der Waals surface area contributed by atoms with Crippen molar-refractivity contribution in [3.05, 3.63) is 66.1 Å². The van der Waals surface area contributed by atoms with Gasteiger partial charge >= 0.3 is 0 Å². The predicted octanol–water partition coefficient (Wildman–Crippen LogP) is 3.47. The topological polar surface area (TPSA) is 18.5 Å². The minimum absolute atomic E-state index is 0.0678. The van der Waals surface area contributed by atoms with Gasteiger partial charge < -0.3 is 9.47 Å². The Hall–Kier alpha value is -1.96. The largest absolute Gasteiger partial charge is 0.486 e. The molecule has 0 amide bonds. The summed E-state index contributed by atoms with van der Waals surface area (Å²) >= 11 is 0. The van der Waals surface area contributed by atoms with Crippen LogP contribution in [0.4, 0.5) is 0 Å². The van der Waals surface area contributed by atoms with Crippen LogP contribution in [0.25, 0.3) is 0 Å². The average Bonchev–Trinajstić information content (AvgIpc) is 2.54. The summed E-state index contributed by atoms with van der Waals surface area (Å²) in [6, 6.07) is 16.4. The minimum atomic E-state index is -0.0711. The van der Waals surface area contributed by atoms with E-state index in [9.17, 15) is 0 Å². The van der Waals surface area contributed by atoms with Crippen molar-refractivity contribution in [1.29, 1.82) is 0 Å². The van der Waals surface area contributed by atoms with Crippen LogP contribution in [0.3, 0.4) is 0 Å². The maximum absolute atomic E-state index is 6.10. The van der Waals surface area contributed by atoms with Crippen molar-refractivity contribution >= 4 is 0 Å². The highest BCUT2D eigenvalue weighted by molar-refractivity contribution is 5.38. The standard InChI is InChI=1S/C18H16O2/c1-3-7-15-13(5-1)9-11-17(19-15)18-12-10-14-6-2-4-8-16(14)20-18/h1-8,17-18H,9-11H2. The highest BCUT2D eigenvalue weighted by Gasteiger charge is 2.32. The Labute approximate surface area is 119 Å². The molecule has 0 aliphatic carbocycles. The van der Waals surface area contributed by atoms with Crippen LogP contribution in [0.1, 0.15) is 17.5 Å². The van der Waals surface area contributed by atoms with Gasteiger partial charge in [-0.3, -0.25) is 0 Å². The van der Waals surface area contributed by atoms with Crippen LogP contribution >= 0.6 is 0 Å². The molecule has 0 fully saturated rings. The van der Waals surface area contributed by atoms with E-state index < -0.39 is 0 Å². The average molecular weight is 264 g/mol. The van der Waals surface area contributed by atoms with Gasteiger partial charge in [0.1, 0.15) is 23.7 Å². The van der Waals surface area contributed by atoms with Gasteiger partial charge in [0, 0.05) is 6.42 Å². The van der Waals surface area contributed by atoms with Gasteiger partial charge in [-0.25, -0.2) is 0 Å². The molecule has 2 heterocycles. The first kappa shape index (κ1) is 11.8. The van der Waals surface area contributed by atoms with Crippen molar-refractivity contribution in [2.75, 3.05) is 0 Å². The van der Waals surface area contributed by atoms with E-state index in [2.05, 4.69) is 24.6 Å². The monoisotopic (exact) mass is 264 g/mol. The first-order valence-corrected chi connectivity index (χ1v) is 7.13. The van der Waals surface area contributed by atoms with Crippen molar-refractivity contribution in [2.24, 2.45) is 0 Å². The van der Waals surface area contributed by atoms with E-state index >= 15 is 0 Å². The zero-order valence-electron chi connectivity index (χ0n) is 11.2. The molecule has 2 radical (unpaired) electrons. The summed E-state index contributed by atoms with van der Waals surface area (Å²) < 4.78 is 12.1. The number of aryl methyl sites for hydroxylation is 1. The summed E-state index contributed by atoms with van der Waals surface area (Å²) in [4.78, 5) is 0. The molecule has 2 heteroatoms. The third-order valence-corrected chi connectivity index (χ3v) is 4.01. The fourth-order valence-electron chi connectivity index (χ4n) is 2.92. The molecule has 2 aliphatic heterocycles. The van der Waals surface area contributed by atoms with Gasteiger partial charge in [0.25, 0.3) is 0 Å². The van der Waals surface area contributed by atoms with Crippen molar-refractivity contribution < 1.29 is 9.47 Å². The van der Waals surface area contributed by atoms with Crippen LogP contribution in [0.2, 0.25) is 0 Å². The Balaban J connectivity index is 1.53. The molecule has 0 saturated carbocycles. The molecule has 4 rings (SSSR count). The lowest BCUT2D eigenvalue weighted by molar-refractivity contribution is 0.0522. The zero-order chi connectivity index (χ0) is 13.4. The van der Waals surface area contributed by atoms with Crippen LogP contribution < -0.4 is 9.47 Å². The SMILES string of the molecule is [C]1Cc2ccccc2OC1C1CCc2ccccc2O1. The van der Waals surface area contributed by atoms with Crippen LogP contribution in [0.5, 0.6) is 11.5 Å². The zero-order valence-corrected chi connectivity index (χ0v) is 11.2. The van der Waals surface area contributed by atoms with Crippen molar-refractivity contribution in [2.45, 2.75) is 31.5 Å². The first-order valence-electron chi connectivity index (χ1n) is 7.13. The molecule has 2 aliphatic rings. The molecular weight excluding hydrogens is 248 g/mol. The van der Waals surface area contributed by atoms with E-state index in [-0.39, 0.29) is 12.2 Å². The smallest absolute Gasteiger partial charge is 0.143 e. The molecule has 0 N–H and O–H groups in total. The lowest BCUT2D eigenvalue weighted by Gasteiger charge is -2.34. The van der Waals surface area contributed by atoms with Crippen LogP contribution in [-0.4, -0.2) is 12.2 Å². The van der Waals surface area contributed by atoms with Crippen molar-refractivity contribution in [3.63, 3.8) is 0 Å². The van der Waals surface area contributed by atoms with E-state index in [4.69, 9.17) is 9.47 Å². The molecule has 20 heavy (non-hydrogen) atoms. The summed E-state index contributed by atoms with van der Waals surface area (Å²) in [5, 5.41) is 0. The lowest BCUT2D eigenvalue weighted by Crippen LogP contribution is -2.41. The van der Waals surface area contributed by atoms with Crippen LogP contribution in [0.15, 0.2) is 48.5 Å². The van der Waals surface area contributed by atoms with E-state index in [0.29, 0.717) is 0 Å². The predicted molar refractivity (Wildman–Crippen MR) is 77.0 cm³/mol. The third kappa shape index (κ3) is 2.05. The van der Waals surface area contributed by atoms with Crippen LogP contribution in [0, 0.1) is 6.42 Å². The third-order valence-electron chi connectivity index (χ3n) is 4.01. The Morgan fingerprint density at radius 1 is 0.850 bits per heavy atom. The molecule has 2 nitrogen and oxygen atoms in total. The van der Waals surface area contributed by atoms with Gasteiger partial charge in [0.15, 0.2) is 0 Å². The van der Waals surface area contributed by atoms with E-state index in [0.717, 1.165) is 30.8 Å². The fourth-order valence-corrected chi connectivity index (χ4v) is 2.92. The van der Waals surface area contributed by atoms with Gasteiger partial charge in [-0.05, 0) is 42.5 Å². The second-order valence-electron chi connectivity index (χ2n) is 5.33. The number of hydrogen-bond donors (Lipinski definition) is 0. The summed E-state index contributed by atoms with van der Waals surface area (Å²) in [5.74, 6) is 1.96. The fraction of sp³-hybridized carbons (Fsp3) is 0.278. The second-order valence-corrected chi connectivity index (χ2v) is 5.33. The van der Waals surface area contributed by atoms with Crippen molar-refractivity contribution in [1.82, 2.24) is 0 Å². The second kappa shape index (κ2) is 4.86. The summed E-state index contributed by atoms with van der Waals surface area (Å²) in [6.07, 6.45) is 6.29. The lowest BCUT2D eigenvalue weighted by atomic mass is 9.93. The van der Waals surface area contributed by atoms with E-state index in [1.807, 2.05) is 30.3 Å². The quantitative estimate of drug-likeness (QED) is 0.785. The molecule has 2 aromatic rings. The summed E-state index contributed by atoms with van der Waals surface area (Å²) in [5.41, 5.74) is 2.50. The number of hydrogen-bond acceptors (Lipinski definition) is 2. The molecule has 0 aromatic heterocycles. The molecule has 2 unspecified atom stereocenters. The van der Waals surface area contributed by atoms with Gasteiger partial charge in [0.2, 0.25) is 0 Å². The Bertz CT molecular complexity index is 565. The minimum Gasteiger partial charge on any atom is -0.486 e. The van der Waals surface area contributed by atoms with Gasteiger partial charge in [0.05, 0.1) is 0 Å². The number of rotatable bonds is 1.